The molecule has 0 aromatic carbocycles. The molecule has 1 saturated carbocycles. The van der Waals surface area contributed by atoms with Gasteiger partial charge in [-0.2, -0.15) is 0 Å². The van der Waals surface area contributed by atoms with Crippen molar-refractivity contribution in [3.63, 3.8) is 0 Å². The molecule has 1 aromatic rings. The zero-order valence-corrected chi connectivity index (χ0v) is 11.1. The van der Waals surface area contributed by atoms with E-state index in [1.54, 1.807) is 0 Å². The molecular formula is C13H23N3O. The number of hydrogen-bond donors (Lipinski definition) is 1. The summed E-state index contributed by atoms with van der Waals surface area (Å²) < 4.78 is 5.81. The molecule has 1 fully saturated rings. The maximum Gasteiger partial charge on any atom is 0.233 e. The minimum Gasteiger partial charge on any atom is -0.423 e. The van der Waals surface area contributed by atoms with Gasteiger partial charge in [-0.3, -0.25) is 0 Å². The first kappa shape index (κ1) is 12.6. The molecule has 1 aromatic heterocycles. The van der Waals surface area contributed by atoms with Crippen molar-refractivity contribution < 1.29 is 4.42 Å². The van der Waals surface area contributed by atoms with Crippen LogP contribution in [0.15, 0.2) is 4.42 Å². The lowest BCUT2D eigenvalue weighted by Gasteiger charge is -2.10. The van der Waals surface area contributed by atoms with Crippen molar-refractivity contribution >= 4 is 0 Å². The molecule has 0 radical (unpaired) electrons. The lowest BCUT2D eigenvalue weighted by molar-refractivity contribution is 0.353. The normalized spacial score (nSPS) is 26.3. The molecule has 1 heterocycles. The van der Waals surface area contributed by atoms with Crippen molar-refractivity contribution in [2.75, 3.05) is 6.54 Å². The smallest absolute Gasteiger partial charge is 0.233 e. The molecular weight excluding hydrogens is 214 g/mol. The van der Waals surface area contributed by atoms with Crippen LogP contribution in [0.2, 0.25) is 0 Å². The van der Waals surface area contributed by atoms with Crippen LogP contribution in [-0.4, -0.2) is 16.7 Å². The van der Waals surface area contributed by atoms with E-state index in [4.69, 9.17) is 4.42 Å². The highest BCUT2D eigenvalue weighted by Gasteiger charge is 2.29. The Balaban J connectivity index is 2.00. The van der Waals surface area contributed by atoms with Crippen LogP contribution in [-0.2, 0) is 0 Å². The summed E-state index contributed by atoms with van der Waals surface area (Å²) in [6.45, 7) is 7.49. The van der Waals surface area contributed by atoms with Gasteiger partial charge >= 0.3 is 0 Å². The van der Waals surface area contributed by atoms with Crippen molar-refractivity contribution in [1.82, 2.24) is 15.5 Å². The van der Waals surface area contributed by atoms with E-state index in [-0.39, 0.29) is 6.04 Å². The highest BCUT2D eigenvalue weighted by molar-refractivity contribution is 4.98. The predicted octanol–water partition coefficient (Wildman–Crippen LogP) is 3.03. The minimum atomic E-state index is 0.160. The Morgan fingerprint density at radius 3 is 2.88 bits per heavy atom. The lowest BCUT2D eigenvalue weighted by atomic mass is 9.98. The third-order valence-corrected chi connectivity index (χ3v) is 3.71. The summed E-state index contributed by atoms with van der Waals surface area (Å²) >= 11 is 0. The fourth-order valence-corrected chi connectivity index (χ4v) is 2.53. The Morgan fingerprint density at radius 1 is 1.41 bits per heavy atom. The minimum absolute atomic E-state index is 0.160. The van der Waals surface area contributed by atoms with E-state index in [9.17, 15) is 0 Å². The number of rotatable bonds is 5. The fourth-order valence-electron chi connectivity index (χ4n) is 2.53. The van der Waals surface area contributed by atoms with Crippen LogP contribution in [0.1, 0.15) is 70.2 Å². The maximum atomic E-state index is 5.81. The second-order valence-electron chi connectivity index (χ2n) is 5.17. The quantitative estimate of drug-likeness (QED) is 0.855. The molecule has 0 saturated heterocycles. The van der Waals surface area contributed by atoms with Crippen molar-refractivity contribution in [3.8, 4) is 0 Å². The van der Waals surface area contributed by atoms with E-state index in [2.05, 4.69) is 36.3 Å². The van der Waals surface area contributed by atoms with Gasteiger partial charge in [-0.15, -0.1) is 10.2 Å². The zero-order valence-electron chi connectivity index (χ0n) is 11.1. The molecule has 0 spiro atoms. The molecule has 0 bridgehead atoms. The first-order valence-corrected chi connectivity index (χ1v) is 6.79. The van der Waals surface area contributed by atoms with Crippen LogP contribution >= 0.6 is 0 Å². The summed E-state index contributed by atoms with van der Waals surface area (Å²) in [7, 11) is 0. The Kier molecular flexibility index (Phi) is 4.15. The topological polar surface area (TPSA) is 51.0 Å². The SMILES string of the molecule is CCCNC(C)c1nnc(C2CCCC2C)o1. The third kappa shape index (κ3) is 2.86. The van der Waals surface area contributed by atoms with E-state index in [0.29, 0.717) is 11.8 Å². The van der Waals surface area contributed by atoms with Crippen LogP contribution in [0.5, 0.6) is 0 Å². The van der Waals surface area contributed by atoms with Crippen LogP contribution in [0.25, 0.3) is 0 Å². The van der Waals surface area contributed by atoms with E-state index >= 15 is 0 Å². The summed E-state index contributed by atoms with van der Waals surface area (Å²) in [5.74, 6) is 2.74. The highest BCUT2D eigenvalue weighted by Crippen LogP contribution is 2.38. The highest BCUT2D eigenvalue weighted by atomic mass is 16.4. The van der Waals surface area contributed by atoms with E-state index < -0.39 is 0 Å². The Hall–Kier alpha value is -0.900. The molecule has 2 rings (SSSR count). The molecule has 1 aliphatic carbocycles. The van der Waals surface area contributed by atoms with Gasteiger partial charge in [0.05, 0.1) is 6.04 Å². The Bertz CT molecular complexity index is 350. The van der Waals surface area contributed by atoms with Gasteiger partial charge in [0.25, 0.3) is 0 Å². The molecule has 1 N–H and O–H groups in total. The molecule has 4 heteroatoms. The largest absolute Gasteiger partial charge is 0.423 e. The molecule has 0 amide bonds. The van der Waals surface area contributed by atoms with Crippen molar-refractivity contribution in [1.29, 1.82) is 0 Å². The number of aromatic nitrogens is 2. The molecule has 3 atom stereocenters. The summed E-state index contributed by atoms with van der Waals surface area (Å²) in [6.07, 6.45) is 4.88. The Labute approximate surface area is 103 Å². The van der Waals surface area contributed by atoms with Gasteiger partial charge in [0, 0.05) is 5.92 Å². The fraction of sp³-hybridized carbons (Fsp3) is 0.846. The predicted molar refractivity (Wildman–Crippen MR) is 66.8 cm³/mol. The maximum absolute atomic E-state index is 5.81. The average Bonchev–Trinajstić information content (AvgIpc) is 2.93. The monoisotopic (exact) mass is 237 g/mol. The van der Waals surface area contributed by atoms with Gasteiger partial charge in [0.15, 0.2) is 0 Å². The molecule has 4 nitrogen and oxygen atoms in total. The zero-order chi connectivity index (χ0) is 12.3. The first-order chi connectivity index (χ1) is 8.22. The second-order valence-corrected chi connectivity index (χ2v) is 5.17. The van der Waals surface area contributed by atoms with Gasteiger partial charge < -0.3 is 9.73 Å². The number of nitrogens with zero attached hydrogens (tertiary/aromatic N) is 2. The molecule has 1 aliphatic rings. The second kappa shape index (κ2) is 5.63. The molecule has 17 heavy (non-hydrogen) atoms. The van der Waals surface area contributed by atoms with Crippen LogP contribution in [0.4, 0.5) is 0 Å². The summed E-state index contributed by atoms with van der Waals surface area (Å²) in [5.41, 5.74) is 0. The van der Waals surface area contributed by atoms with E-state index in [1.165, 1.54) is 19.3 Å². The standard InChI is InChI=1S/C13H23N3O/c1-4-8-14-10(3)12-15-16-13(17-12)11-7-5-6-9(11)2/h9-11,14H,4-8H2,1-3H3. The van der Waals surface area contributed by atoms with Gasteiger partial charge in [0.1, 0.15) is 0 Å². The third-order valence-electron chi connectivity index (χ3n) is 3.71. The van der Waals surface area contributed by atoms with Gasteiger partial charge in [-0.05, 0) is 38.6 Å². The lowest BCUT2D eigenvalue weighted by Crippen LogP contribution is -2.19. The number of hydrogen-bond acceptors (Lipinski definition) is 4. The van der Waals surface area contributed by atoms with E-state index in [1.807, 2.05) is 0 Å². The summed E-state index contributed by atoms with van der Waals surface area (Å²) in [4.78, 5) is 0. The Morgan fingerprint density at radius 2 is 2.24 bits per heavy atom. The van der Waals surface area contributed by atoms with Crippen LogP contribution in [0.3, 0.4) is 0 Å². The summed E-state index contributed by atoms with van der Waals surface area (Å²) in [5, 5.41) is 11.8. The van der Waals surface area contributed by atoms with Crippen molar-refractivity contribution in [2.24, 2.45) is 5.92 Å². The van der Waals surface area contributed by atoms with Crippen LogP contribution in [0, 0.1) is 5.92 Å². The molecule has 0 aliphatic heterocycles. The molecule has 3 unspecified atom stereocenters. The van der Waals surface area contributed by atoms with Gasteiger partial charge in [0.2, 0.25) is 11.8 Å². The van der Waals surface area contributed by atoms with Crippen LogP contribution < -0.4 is 5.32 Å². The van der Waals surface area contributed by atoms with Crippen molar-refractivity contribution in [2.45, 2.75) is 58.4 Å². The first-order valence-electron chi connectivity index (χ1n) is 6.79. The number of nitrogens with one attached hydrogen (secondary N) is 1. The van der Waals surface area contributed by atoms with E-state index in [0.717, 1.165) is 24.7 Å². The van der Waals surface area contributed by atoms with Crippen molar-refractivity contribution in [3.05, 3.63) is 11.8 Å². The molecule has 96 valence electrons. The van der Waals surface area contributed by atoms with Gasteiger partial charge in [-0.25, -0.2) is 0 Å². The van der Waals surface area contributed by atoms with Gasteiger partial charge in [-0.1, -0.05) is 20.3 Å². The summed E-state index contributed by atoms with van der Waals surface area (Å²) in [6, 6.07) is 0.160. The average molecular weight is 237 g/mol.